The second-order valence-electron chi connectivity index (χ2n) is 5.45. The van der Waals surface area contributed by atoms with Crippen LogP contribution < -0.4 is 5.32 Å². The Kier molecular flexibility index (Phi) is 3.95. The van der Waals surface area contributed by atoms with E-state index in [1.54, 1.807) is 23.7 Å². The third kappa shape index (κ3) is 2.65. The summed E-state index contributed by atoms with van der Waals surface area (Å²) in [6.45, 7) is 0. The molecule has 0 radical (unpaired) electrons. The van der Waals surface area contributed by atoms with E-state index in [0.29, 0.717) is 5.11 Å². The summed E-state index contributed by atoms with van der Waals surface area (Å²) in [5, 5.41) is 12.4. The molecular formula is C17H15N5S2. The van der Waals surface area contributed by atoms with Crippen LogP contribution in [0.3, 0.4) is 0 Å². The van der Waals surface area contributed by atoms with Crippen LogP contribution in [-0.2, 0) is 0 Å². The van der Waals surface area contributed by atoms with Crippen LogP contribution in [0.4, 0.5) is 0 Å². The standard InChI is InChI=1S/C17H15N5S2/c1-18-17(23)22-15(10-14(21-22)16-3-2-8-24-16)11-4-5-12-13(9-11)20-7-6-19-12/h2-9,15H,10H2,1H3,(H,18,23). The molecule has 5 nitrogen and oxygen atoms in total. The van der Waals surface area contributed by atoms with Gasteiger partial charge in [-0.25, -0.2) is 5.01 Å². The number of rotatable bonds is 2. The van der Waals surface area contributed by atoms with E-state index in [0.717, 1.165) is 28.7 Å². The molecule has 4 rings (SSSR count). The SMILES string of the molecule is CNC(=S)N1N=C(c2cccs2)CC1c1ccc2nccnc2c1. The summed E-state index contributed by atoms with van der Waals surface area (Å²) in [6.07, 6.45) is 4.23. The summed E-state index contributed by atoms with van der Waals surface area (Å²) in [6, 6.07) is 10.4. The van der Waals surface area contributed by atoms with Gasteiger partial charge in [-0.1, -0.05) is 12.1 Å². The molecule has 1 N–H and O–H groups in total. The number of aromatic nitrogens is 2. The lowest BCUT2D eigenvalue weighted by Gasteiger charge is -2.23. The van der Waals surface area contributed by atoms with Gasteiger partial charge in [0.1, 0.15) is 0 Å². The van der Waals surface area contributed by atoms with Gasteiger partial charge in [-0.15, -0.1) is 11.3 Å². The maximum atomic E-state index is 5.45. The maximum Gasteiger partial charge on any atom is 0.189 e. The van der Waals surface area contributed by atoms with Crippen LogP contribution >= 0.6 is 23.6 Å². The van der Waals surface area contributed by atoms with E-state index in [2.05, 4.69) is 38.9 Å². The van der Waals surface area contributed by atoms with Crippen molar-refractivity contribution >= 4 is 45.4 Å². The zero-order valence-corrected chi connectivity index (χ0v) is 14.6. The van der Waals surface area contributed by atoms with Crippen LogP contribution in [0.1, 0.15) is 22.9 Å². The first-order valence-electron chi connectivity index (χ1n) is 7.59. The van der Waals surface area contributed by atoms with E-state index >= 15 is 0 Å². The molecule has 1 aliphatic heterocycles. The van der Waals surface area contributed by atoms with Crippen LogP contribution in [0.5, 0.6) is 0 Å². The van der Waals surface area contributed by atoms with E-state index < -0.39 is 0 Å². The summed E-state index contributed by atoms with van der Waals surface area (Å²) in [5.41, 5.74) is 3.97. The number of fused-ring (bicyclic) bond motifs is 1. The predicted molar refractivity (Wildman–Crippen MR) is 101 cm³/mol. The number of hydrazone groups is 1. The molecule has 0 saturated carbocycles. The Morgan fingerprint density at radius 1 is 1.25 bits per heavy atom. The third-order valence-electron chi connectivity index (χ3n) is 4.02. The number of nitrogens with zero attached hydrogens (tertiary/aromatic N) is 4. The molecule has 0 saturated heterocycles. The predicted octanol–water partition coefficient (Wildman–Crippen LogP) is 3.35. The molecule has 0 aliphatic carbocycles. The molecular weight excluding hydrogens is 338 g/mol. The van der Waals surface area contributed by atoms with Crippen LogP contribution in [0.15, 0.2) is 53.2 Å². The number of nitrogens with one attached hydrogen (secondary N) is 1. The van der Waals surface area contributed by atoms with Gasteiger partial charge in [0.25, 0.3) is 0 Å². The Morgan fingerprint density at radius 3 is 2.83 bits per heavy atom. The highest BCUT2D eigenvalue weighted by Crippen LogP contribution is 2.34. The topological polar surface area (TPSA) is 53.4 Å². The molecule has 7 heteroatoms. The number of thiocarbonyl (C=S) groups is 1. The summed E-state index contributed by atoms with van der Waals surface area (Å²) in [5.74, 6) is 0. The third-order valence-corrected chi connectivity index (χ3v) is 5.33. The monoisotopic (exact) mass is 353 g/mol. The Labute approximate surface area is 149 Å². The van der Waals surface area contributed by atoms with E-state index in [-0.39, 0.29) is 6.04 Å². The summed E-state index contributed by atoms with van der Waals surface area (Å²) < 4.78 is 0. The summed E-state index contributed by atoms with van der Waals surface area (Å²) >= 11 is 7.15. The molecule has 1 aliphatic rings. The number of hydrogen-bond donors (Lipinski definition) is 1. The average Bonchev–Trinajstić information content (AvgIpc) is 3.30. The highest BCUT2D eigenvalue weighted by molar-refractivity contribution is 7.80. The van der Waals surface area contributed by atoms with E-state index in [1.807, 2.05) is 24.2 Å². The zero-order chi connectivity index (χ0) is 16.5. The van der Waals surface area contributed by atoms with Crippen molar-refractivity contribution in [1.29, 1.82) is 0 Å². The van der Waals surface area contributed by atoms with Crippen LogP contribution in [-0.4, -0.2) is 32.8 Å². The number of thiophene rings is 1. The minimum absolute atomic E-state index is 0.0634. The first-order valence-corrected chi connectivity index (χ1v) is 8.88. The van der Waals surface area contributed by atoms with Crippen LogP contribution in [0, 0.1) is 0 Å². The van der Waals surface area contributed by atoms with Crippen molar-refractivity contribution in [3.05, 3.63) is 58.5 Å². The first-order chi connectivity index (χ1) is 11.8. The van der Waals surface area contributed by atoms with Crippen molar-refractivity contribution in [3.8, 4) is 0 Å². The largest absolute Gasteiger partial charge is 0.364 e. The minimum atomic E-state index is 0.0634. The fourth-order valence-corrected chi connectivity index (χ4v) is 3.74. The highest BCUT2D eigenvalue weighted by Gasteiger charge is 2.31. The average molecular weight is 353 g/mol. The second kappa shape index (κ2) is 6.26. The Hall–Kier alpha value is -2.38. The van der Waals surface area contributed by atoms with Gasteiger partial charge in [0.15, 0.2) is 5.11 Å². The lowest BCUT2D eigenvalue weighted by Crippen LogP contribution is -2.34. The Morgan fingerprint density at radius 2 is 2.08 bits per heavy atom. The Balaban J connectivity index is 1.73. The van der Waals surface area contributed by atoms with Gasteiger partial charge in [-0.05, 0) is 41.4 Å². The summed E-state index contributed by atoms with van der Waals surface area (Å²) in [4.78, 5) is 9.92. The van der Waals surface area contributed by atoms with E-state index in [9.17, 15) is 0 Å². The first kappa shape index (κ1) is 15.2. The molecule has 120 valence electrons. The number of hydrogen-bond acceptors (Lipinski definition) is 5. The molecule has 3 aromatic rings. The highest BCUT2D eigenvalue weighted by atomic mass is 32.1. The van der Waals surface area contributed by atoms with Crippen molar-refractivity contribution in [2.24, 2.45) is 5.10 Å². The maximum absolute atomic E-state index is 5.45. The molecule has 0 fully saturated rings. The molecule has 2 aromatic heterocycles. The van der Waals surface area contributed by atoms with E-state index in [4.69, 9.17) is 17.3 Å². The van der Waals surface area contributed by atoms with Crippen LogP contribution in [0.25, 0.3) is 11.0 Å². The van der Waals surface area contributed by atoms with Crippen molar-refractivity contribution in [3.63, 3.8) is 0 Å². The smallest absolute Gasteiger partial charge is 0.189 e. The van der Waals surface area contributed by atoms with Crippen molar-refractivity contribution in [2.45, 2.75) is 12.5 Å². The van der Waals surface area contributed by atoms with Crippen LogP contribution in [0.2, 0.25) is 0 Å². The molecule has 24 heavy (non-hydrogen) atoms. The molecule has 0 spiro atoms. The van der Waals surface area contributed by atoms with Gasteiger partial charge in [-0.3, -0.25) is 9.97 Å². The van der Waals surface area contributed by atoms with Gasteiger partial charge < -0.3 is 5.32 Å². The molecule has 1 aromatic carbocycles. The lowest BCUT2D eigenvalue weighted by molar-refractivity contribution is 0.367. The van der Waals surface area contributed by atoms with Crippen molar-refractivity contribution in [2.75, 3.05) is 7.05 Å². The molecule has 1 atom stereocenters. The van der Waals surface area contributed by atoms with Gasteiger partial charge in [-0.2, -0.15) is 5.10 Å². The zero-order valence-electron chi connectivity index (χ0n) is 13.0. The minimum Gasteiger partial charge on any atom is -0.364 e. The van der Waals surface area contributed by atoms with Gasteiger partial charge in [0, 0.05) is 25.9 Å². The quantitative estimate of drug-likeness (QED) is 0.716. The molecule has 0 bridgehead atoms. The fraction of sp³-hybridized carbons (Fsp3) is 0.176. The fourth-order valence-electron chi connectivity index (χ4n) is 2.85. The molecule has 1 unspecified atom stereocenters. The van der Waals surface area contributed by atoms with Crippen molar-refractivity contribution in [1.82, 2.24) is 20.3 Å². The molecule has 0 amide bonds. The summed E-state index contributed by atoms with van der Waals surface area (Å²) in [7, 11) is 1.82. The normalized spacial score (nSPS) is 17.1. The Bertz CT molecular complexity index is 920. The number of benzene rings is 1. The van der Waals surface area contributed by atoms with E-state index in [1.165, 1.54) is 4.88 Å². The van der Waals surface area contributed by atoms with Gasteiger partial charge in [0.05, 0.1) is 27.7 Å². The van der Waals surface area contributed by atoms with Gasteiger partial charge in [0.2, 0.25) is 0 Å². The molecule has 3 heterocycles. The van der Waals surface area contributed by atoms with Gasteiger partial charge >= 0.3 is 0 Å². The second-order valence-corrected chi connectivity index (χ2v) is 6.78. The lowest BCUT2D eigenvalue weighted by atomic mass is 10.0. The van der Waals surface area contributed by atoms with Crippen molar-refractivity contribution < 1.29 is 0 Å².